The predicted molar refractivity (Wildman–Crippen MR) is 93.2 cm³/mol. The Bertz CT molecular complexity index is 696. The van der Waals surface area contributed by atoms with Crippen LogP contribution >= 0.6 is 0 Å². The second-order valence-corrected chi connectivity index (χ2v) is 6.10. The summed E-state index contributed by atoms with van der Waals surface area (Å²) in [5.41, 5.74) is 2.32. The van der Waals surface area contributed by atoms with Gasteiger partial charge in [-0.15, -0.1) is 0 Å². The number of nitrogens with zero attached hydrogens (tertiary/aromatic N) is 4. The van der Waals surface area contributed by atoms with E-state index >= 15 is 0 Å². The van der Waals surface area contributed by atoms with E-state index in [-0.39, 0.29) is 11.9 Å². The molecule has 1 unspecified atom stereocenters. The van der Waals surface area contributed by atoms with Crippen molar-refractivity contribution in [2.75, 3.05) is 32.8 Å². The SMILES string of the molecule is Cc1cc(C(=O)NCC(c2ccncc2)N2CCOCC2)nc(C)n1. The average Bonchev–Trinajstić information content (AvgIpc) is 2.63. The van der Waals surface area contributed by atoms with E-state index in [1.54, 1.807) is 25.4 Å². The number of pyridine rings is 1. The highest BCUT2D eigenvalue weighted by molar-refractivity contribution is 5.92. The molecule has 1 aliphatic heterocycles. The van der Waals surface area contributed by atoms with Crippen LogP contribution in [0.2, 0.25) is 0 Å². The summed E-state index contributed by atoms with van der Waals surface area (Å²) in [6.45, 7) is 7.25. The first kappa shape index (κ1) is 17.4. The zero-order chi connectivity index (χ0) is 17.6. The maximum atomic E-state index is 12.5. The van der Waals surface area contributed by atoms with Crippen LogP contribution in [0.25, 0.3) is 0 Å². The van der Waals surface area contributed by atoms with Crippen molar-refractivity contribution in [2.45, 2.75) is 19.9 Å². The fourth-order valence-corrected chi connectivity index (χ4v) is 3.05. The summed E-state index contributed by atoms with van der Waals surface area (Å²) in [6, 6.07) is 5.77. The number of morpholine rings is 1. The molecule has 0 saturated carbocycles. The van der Waals surface area contributed by atoms with Gasteiger partial charge >= 0.3 is 0 Å². The average molecular weight is 341 g/mol. The van der Waals surface area contributed by atoms with Crippen molar-refractivity contribution in [3.8, 4) is 0 Å². The molecule has 7 nitrogen and oxygen atoms in total. The molecule has 7 heteroatoms. The molecule has 1 N–H and O–H groups in total. The number of rotatable bonds is 5. The van der Waals surface area contributed by atoms with Gasteiger partial charge in [0.25, 0.3) is 5.91 Å². The second-order valence-electron chi connectivity index (χ2n) is 6.10. The molecule has 0 radical (unpaired) electrons. The number of aryl methyl sites for hydroxylation is 2. The van der Waals surface area contributed by atoms with Gasteiger partial charge in [0.05, 0.1) is 19.3 Å². The molecule has 1 saturated heterocycles. The molecular weight excluding hydrogens is 318 g/mol. The second kappa shape index (κ2) is 8.13. The predicted octanol–water partition coefficient (Wildman–Crippen LogP) is 1.29. The Morgan fingerprint density at radius 3 is 2.64 bits per heavy atom. The van der Waals surface area contributed by atoms with Gasteiger partial charge in [-0.05, 0) is 37.6 Å². The summed E-state index contributed by atoms with van der Waals surface area (Å²) in [4.78, 5) is 27.4. The number of ether oxygens (including phenoxy) is 1. The molecule has 25 heavy (non-hydrogen) atoms. The third kappa shape index (κ3) is 4.58. The molecule has 1 atom stereocenters. The summed E-state index contributed by atoms with van der Waals surface area (Å²) in [7, 11) is 0. The van der Waals surface area contributed by atoms with Crippen LogP contribution in [0.4, 0.5) is 0 Å². The Morgan fingerprint density at radius 2 is 1.96 bits per heavy atom. The van der Waals surface area contributed by atoms with Gasteiger partial charge in [-0.3, -0.25) is 14.7 Å². The normalized spacial score (nSPS) is 16.4. The highest BCUT2D eigenvalue weighted by atomic mass is 16.5. The van der Waals surface area contributed by atoms with Gasteiger partial charge < -0.3 is 10.1 Å². The molecule has 0 spiro atoms. The first-order valence-electron chi connectivity index (χ1n) is 8.45. The quantitative estimate of drug-likeness (QED) is 0.883. The van der Waals surface area contributed by atoms with E-state index in [0.717, 1.165) is 24.3 Å². The van der Waals surface area contributed by atoms with Crippen LogP contribution in [0.15, 0.2) is 30.6 Å². The van der Waals surface area contributed by atoms with Crippen LogP contribution in [0.3, 0.4) is 0 Å². The topological polar surface area (TPSA) is 80.2 Å². The number of amides is 1. The van der Waals surface area contributed by atoms with Crippen molar-refractivity contribution >= 4 is 5.91 Å². The van der Waals surface area contributed by atoms with Crippen LogP contribution in [-0.2, 0) is 4.74 Å². The minimum absolute atomic E-state index is 0.0832. The minimum atomic E-state index is -0.180. The molecule has 0 aliphatic carbocycles. The van der Waals surface area contributed by atoms with Crippen molar-refractivity contribution in [1.82, 2.24) is 25.2 Å². The van der Waals surface area contributed by atoms with Crippen LogP contribution in [-0.4, -0.2) is 58.6 Å². The van der Waals surface area contributed by atoms with Gasteiger partial charge in [0.15, 0.2) is 0 Å². The first-order chi connectivity index (χ1) is 12.1. The molecule has 2 aromatic heterocycles. The van der Waals surface area contributed by atoms with Crippen molar-refractivity contribution in [3.63, 3.8) is 0 Å². The molecule has 3 heterocycles. The third-order valence-electron chi connectivity index (χ3n) is 4.23. The molecule has 1 amide bonds. The Hall–Kier alpha value is -2.38. The number of hydrogen-bond acceptors (Lipinski definition) is 6. The van der Waals surface area contributed by atoms with Gasteiger partial charge in [0, 0.05) is 37.7 Å². The van der Waals surface area contributed by atoms with E-state index in [9.17, 15) is 4.79 Å². The fraction of sp³-hybridized carbons (Fsp3) is 0.444. The maximum absolute atomic E-state index is 12.5. The van der Waals surface area contributed by atoms with Crippen molar-refractivity contribution < 1.29 is 9.53 Å². The molecular formula is C18H23N5O2. The molecule has 0 aromatic carbocycles. The smallest absolute Gasteiger partial charge is 0.270 e. The summed E-state index contributed by atoms with van der Waals surface area (Å²) < 4.78 is 5.45. The summed E-state index contributed by atoms with van der Waals surface area (Å²) in [5, 5.41) is 3.02. The first-order valence-corrected chi connectivity index (χ1v) is 8.45. The highest BCUT2D eigenvalue weighted by Gasteiger charge is 2.23. The van der Waals surface area contributed by atoms with Crippen molar-refractivity contribution in [2.24, 2.45) is 0 Å². The minimum Gasteiger partial charge on any atom is -0.379 e. The number of nitrogens with one attached hydrogen (secondary N) is 1. The molecule has 3 rings (SSSR count). The third-order valence-corrected chi connectivity index (χ3v) is 4.23. The monoisotopic (exact) mass is 341 g/mol. The molecule has 2 aromatic rings. The van der Waals surface area contributed by atoms with E-state index in [4.69, 9.17) is 4.74 Å². The Kier molecular flexibility index (Phi) is 5.67. The van der Waals surface area contributed by atoms with Gasteiger partial charge in [-0.25, -0.2) is 9.97 Å². The molecule has 0 bridgehead atoms. The lowest BCUT2D eigenvalue weighted by Gasteiger charge is -2.34. The van der Waals surface area contributed by atoms with Crippen LogP contribution in [0, 0.1) is 13.8 Å². The fourth-order valence-electron chi connectivity index (χ4n) is 3.05. The van der Waals surface area contributed by atoms with Gasteiger partial charge in [-0.1, -0.05) is 0 Å². The molecule has 1 fully saturated rings. The largest absolute Gasteiger partial charge is 0.379 e. The zero-order valence-electron chi connectivity index (χ0n) is 14.6. The summed E-state index contributed by atoms with van der Waals surface area (Å²) in [6.07, 6.45) is 3.56. The molecule has 132 valence electrons. The van der Waals surface area contributed by atoms with E-state index < -0.39 is 0 Å². The van der Waals surface area contributed by atoms with Gasteiger partial charge in [-0.2, -0.15) is 0 Å². The lowest BCUT2D eigenvalue weighted by molar-refractivity contribution is 0.0162. The lowest BCUT2D eigenvalue weighted by Crippen LogP contribution is -2.44. The van der Waals surface area contributed by atoms with Crippen LogP contribution < -0.4 is 5.32 Å². The van der Waals surface area contributed by atoms with Gasteiger partial charge in [0.2, 0.25) is 0 Å². The van der Waals surface area contributed by atoms with E-state index in [1.165, 1.54) is 0 Å². The number of carbonyl (C=O) groups is 1. The maximum Gasteiger partial charge on any atom is 0.270 e. The lowest BCUT2D eigenvalue weighted by atomic mass is 10.1. The van der Waals surface area contributed by atoms with E-state index in [0.29, 0.717) is 31.3 Å². The van der Waals surface area contributed by atoms with Crippen LogP contribution in [0.1, 0.15) is 33.6 Å². The van der Waals surface area contributed by atoms with Crippen molar-refractivity contribution in [1.29, 1.82) is 0 Å². The van der Waals surface area contributed by atoms with Gasteiger partial charge in [0.1, 0.15) is 11.5 Å². The summed E-state index contributed by atoms with van der Waals surface area (Å²) >= 11 is 0. The number of hydrogen-bond donors (Lipinski definition) is 1. The zero-order valence-corrected chi connectivity index (χ0v) is 14.6. The number of aromatic nitrogens is 3. The Labute approximate surface area is 147 Å². The van der Waals surface area contributed by atoms with E-state index in [1.807, 2.05) is 19.1 Å². The Morgan fingerprint density at radius 1 is 1.24 bits per heavy atom. The van der Waals surface area contributed by atoms with Crippen LogP contribution in [0.5, 0.6) is 0 Å². The van der Waals surface area contributed by atoms with E-state index in [2.05, 4.69) is 25.2 Å². The highest BCUT2D eigenvalue weighted by Crippen LogP contribution is 2.20. The van der Waals surface area contributed by atoms with Crippen molar-refractivity contribution in [3.05, 3.63) is 53.4 Å². The Balaban J connectivity index is 1.72. The number of carbonyl (C=O) groups excluding carboxylic acids is 1. The standard InChI is InChI=1S/C18H23N5O2/c1-13-11-16(22-14(2)21-13)18(24)20-12-17(15-3-5-19-6-4-15)23-7-9-25-10-8-23/h3-6,11,17H,7-10,12H2,1-2H3,(H,20,24). The summed E-state index contributed by atoms with van der Waals surface area (Å²) in [5.74, 6) is 0.421. The molecule has 1 aliphatic rings.